The second kappa shape index (κ2) is 5.49. The number of hydrogen-bond donors (Lipinski definition) is 1. The number of nitrogens with one attached hydrogen (secondary N) is 1. The summed E-state index contributed by atoms with van der Waals surface area (Å²) in [5, 5.41) is 3.13. The van der Waals surface area contributed by atoms with Gasteiger partial charge in [0.15, 0.2) is 0 Å². The molecule has 116 valence electrons. The van der Waals surface area contributed by atoms with E-state index in [1.54, 1.807) is 6.07 Å². The van der Waals surface area contributed by atoms with Crippen molar-refractivity contribution in [3.8, 4) is 0 Å². The van der Waals surface area contributed by atoms with Gasteiger partial charge in [-0.1, -0.05) is 22.4 Å². The molecule has 4 atom stereocenters. The summed E-state index contributed by atoms with van der Waals surface area (Å²) in [6, 6.07) is 4.42. The molecule has 4 unspecified atom stereocenters. The average molecular weight is 362 g/mol. The van der Waals surface area contributed by atoms with E-state index in [-0.39, 0.29) is 11.7 Å². The highest BCUT2D eigenvalue weighted by Gasteiger charge is 2.42. The summed E-state index contributed by atoms with van der Waals surface area (Å²) in [5.74, 6) is 2.01. The topological polar surface area (TPSA) is 12.0 Å². The highest BCUT2D eigenvalue weighted by atomic mass is 79.9. The Kier molecular flexibility index (Phi) is 3.97. The molecule has 0 radical (unpaired) electrons. The second-order valence-electron chi connectivity index (χ2n) is 6.46. The minimum Gasteiger partial charge on any atom is -0.382 e. The molecule has 2 bridgehead atoms. The molecule has 0 spiro atoms. The standard InChI is InChI=1S/C16H19BrF3N/c1-9(13-7-10-2-3-11(13)6-10)21-15-5-4-12(17)8-14(15)16(18,19)20/h4-5,8-11,13,21H,2-3,6-7H2,1H3. The van der Waals surface area contributed by atoms with Crippen LogP contribution in [-0.2, 0) is 6.18 Å². The van der Waals surface area contributed by atoms with Crippen molar-refractivity contribution in [3.05, 3.63) is 28.2 Å². The van der Waals surface area contributed by atoms with Crippen LogP contribution in [0.2, 0.25) is 0 Å². The summed E-state index contributed by atoms with van der Waals surface area (Å²) in [6.07, 6.45) is 0.647. The zero-order chi connectivity index (χ0) is 15.2. The second-order valence-corrected chi connectivity index (χ2v) is 7.38. The van der Waals surface area contributed by atoms with E-state index in [4.69, 9.17) is 0 Å². The molecule has 3 rings (SSSR count). The number of hydrogen-bond acceptors (Lipinski definition) is 1. The molecule has 5 heteroatoms. The van der Waals surface area contributed by atoms with Crippen LogP contribution in [0.25, 0.3) is 0 Å². The molecule has 2 aliphatic carbocycles. The van der Waals surface area contributed by atoms with Crippen LogP contribution in [0.1, 0.15) is 38.2 Å². The van der Waals surface area contributed by atoms with E-state index in [1.807, 2.05) is 6.92 Å². The summed E-state index contributed by atoms with van der Waals surface area (Å²) >= 11 is 3.12. The third kappa shape index (κ3) is 3.08. The van der Waals surface area contributed by atoms with Crippen molar-refractivity contribution < 1.29 is 13.2 Å². The van der Waals surface area contributed by atoms with Crippen LogP contribution < -0.4 is 5.32 Å². The lowest BCUT2D eigenvalue weighted by Gasteiger charge is -2.30. The maximum absolute atomic E-state index is 13.1. The average Bonchev–Trinajstić information content (AvgIpc) is 3.02. The first-order valence-corrected chi connectivity index (χ1v) is 8.27. The van der Waals surface area contributed by atoms with Gasteiger partial charge >= 0.3 is 6.18 Å². The molecule has 2 fully saturated rings. The van der Waals surface area contributed by atoms with E-state index in [9.17, 15) is 13.2 Å². The molecule has 21 heavy (non-hydrogen) atoms. The first-order valence-electron chi connectivity index (χ1n) is 7.48. The van der Waals surface area contributed by atoms with Crippen LogP contribution in [0.15, 0.2) is 22.7 Å². The van der Waals surface area contributed by atoms with Gasteiger partial charge in [0, 0.05) is 16.2 Å². The highest BCUT2D eigenvalue weighted by molar-refractivity contribution is 9.10. The number of benzene rings is 1. The highest BCUT2D eigenvalue weighted by Crippen LogP contribution is 2.50. The molecule has 2 saturated carbocycles. The number of anilines is 1. The number of alkyl halides is 3. The van der Waals surface area contributed by atoms with Crippen molar-refractivity contribution in [1.82, 2.24) is 0 Å². The Labute approximate surface area is 131 Å². The van der Waals surface area contributed by atoms with Gasteiger partial charge in [-0.25, -0.2) is 0 Å². The molecule has 1 nitrogen and oxygen atoms in total. The van der Waals surface area contributed by atoms with Gasteiger partial charge in [-0.15, -0.1) is 0 Å². The smallest absolute Gasteiger partial charge is 0.382 e. The predicted octanol–water partition coefficient (Wildman–Crippen LogP) is 5.70. The fraction of sp³-hybridized carbons (Fsp3) is 0.625. The van der Waals surface area contributed by atoms with Crippen LogP contribution in [0.3, 0.4) is 0 Å². The van der Waals surface area contributed by atoms with Crippen molar-refractivity contribution >= 4 is 21.6 Å². The van der Waals surface area contributed by atoms with E-state index in [2.05, 4.69) is 21.2 Å². The van der Waals surface area contributed by atoms with Gasteiger partial charge in [-0.05, 0) is 62.1 Å². The van der Waals surface area contributed by atoms with Gasteiger partial charge in [0.05, 0.1) is 5.56 Å². The molecule has 1 aromatic carbocycles. The molecular weight excluding hydrogens is 343 g/mol. The van der Waals surface area contributed by atoms with E-state index in [0.29, 0.717) is 16.3 Å². The quantitative estimate of drug-likeness (QED) is 0.727. The minimum absolute atomic E-state index is 0.0857. The van der Waals surface area contributed by atoms with Gasteiger partial charge in [-0.2, -0.15) is 13.2 Å². The number of halogens is 4. The zero-order valence-electron chi connectivity index (χ0n) is 11.9. The van der Waals surface area contributed by atoms with Crippen molar-refractivity contribution in [1.29, 1.82) is 0 Å². The monoisotopic (exact) mass is 361 g/mol. The summed E-state index contributed by atoms with van der Waals surface area (Å²) in [7, 11) is 0. The third-order valence-electron chi connectivity index (χ3n) is 5.11. The van der Waals surface area contributed by atoms with Crippen LogP contribution >= 0.6 is 15.9 Å². The largest absolute Gasteiger partial charge is 0.418 e. The number of rotatable bonds is 3. The fourth-order valence-electron chi connectivity index (χ4n) is 4.14. The maximum Gasteiger partial charge on any atom is 0.418 e. The Bertz CT molecular complexity index is 529. The van der Waals surface area contributed by atoms with Gasteiger partial charge in [-0.3, -0.25) is 0 Å². The molecule has 0 amide bonds. The Hall–Kier alpha value is -0.710. The Morgan fingerprint density at radius 3 is 2.57 bits per heavy atom. The van der Waals surface area contributed by atoms with Crippen molar-refractivity contribution in [3.63, 3.8) is 0 Å². The van der Waals surface area contributed by atoms with E-state index >= 15 is 0 Å². The SMILES string of the molecule is CC(Nc1ccc(Br)cc1C(F)(F)F)C1CC2CCC1C2. The molecule has 0 aromatic heterocycles. The van der Waals surface area contributed by atoms with E-state index < -0.39 is 11.7 Å². The van der Waals surface area contributed by atoms with E-state index in [0.717, 1.165) is 18.4 Å². The molecule has 1 N–H and O–H groups in total. The molecule has 0 aliphatic heterocycles. The fourth-order valence-corrected chi connectivity index (χ4v) is 4.50. The lowest BCUT2D eigenvalue weighted by molar-refractivity contribution is -0.137. The maximum atomic E-state index is 13.1. The summed E-state index contributed by atoms with van der Waals surface area (Å²) in [5.41, 5.74) is -0.396. The first kappa shape index (κ1) is 15.2. The number of fused-ring (bicyclic) bond motifs is 2. The molecular formula is C16H19BrF3N. The van der Waals surface area contributed by atoms with Gasteiger partial charge in [0.2, 0.25) is 0 Å². The molecule has 0 heterocycles. The van der Waals surface area contributed by atoms with Gasteiger partial charge < -0.3 is 5.32 Å². The lowest BCUT2D eigenvalue weighted by atomic mass is 9.84. The lowest BCUT2D eigenvalue weighted by Crippen LogP contribution is -2.30. The Balaban J connectivity index is 1.78. The van der Waals surface area contributed by atoms with E-state index in [1.165, 1.54) is 25.3 Å². The van der Waals surface area contributed by atoms with Crippen LogP contribution in [0.5, 0.6) is 0 Å². The van der Waals surface area contributed by atoms with Crippen molar-refractivity contribution in [2.45, 2.75) is 44.8 Å². The molecule has 0 saturated heterocycles. The summed E-state index contributed by atoms with van der Waals surface area (Å²) in [4.78, 5) is 0. The van der Waals surface area contributed by atoms with Crippen molar-refractivity contribution in [2.75, 3.05) is 5.32 Å². The van der Waals surface area contributed by atoms with Crippen LogP contribution in [-0.4, -0.2) is 6.04 Å². The minimum atomic E-state index is -4.33. The van der Waals surface area contributed by atoms with Crippen molar-refractivity contribution in [2.24, 2.45) is 17.8 Å². The third-order valence-corrected chi connectivity index (χ3v) is 5.60. The predicted molar refractivity (Wildman–Crippen MR) is 81.2 cm³/mol. The Morgan fingerprint density at radius 1 is 1.24 bits per heavy atom. The normalized spacial score (nSPS) is 29.7. The summed E-state index contributed by atoms with van der Waals surface area (Å²) < 4.78 is 39.9. The van der Waals surface area contributed by atoms with Crippen LogP contribution in [0.4, 0.5) is 18.9 Å². The first-order chi connectivity index (χ1) is 9.84. The zero-order valence-corrected chi connectivity index (χ0v) is 13.5. The summed E-state index contributed by atoms with van der Waals surface area (Å²) in [6.45, 7) is 2.02. The van der Waals surface area contributed by atoms with Gasteiger partial charge in [0.1, 0.15) is 0 Å². The molecule has 1 aromatic rings. The van der Waals surface area contributed by atoms with Crippen LogP contribution in [0, 0.1) is 17.8 Å². The van der Waals surface area contributed by atoms with Gasteiger partial charge in [0.25, 0.3) is 0 Å². The molecule has 2 aliphatic rings. The Morgan fingerprint density at radius 2 is 2.00 bits per heavy atom.